The second kappa shape index (κ2) is 5.41. The molecule has 4 nitrogen and oxygen atoms in total. The SMILES string of the molecule is Cc1nc2cc(F)ccc2cc1C(=O)N1CCC(O)CC1. The topological polar surface area (TPSA) is 53.4 Å². The number of likely N-dealkylation sites (tertiary alicyclic amines) is 1. The van der Waals surface area contributed by atoms with Crippen LogP contribution < -0.4 is 0 Å². The molecular formula is C16H17FN2O2. The van der Waals surface area contributed by atoms with Crippen LogP contribution in [0.5, 0.6) is 0 Å². The Hall–Kier alpha value is -2.01. The molecule has 0 radical (unpaired) electrons. The van der Waals surface area contributed by atoms with E-state index in [1.807, 2.05) is 0 Å². The van der Waals surface area contributed by atoms with Gasteiger partial charge in [0.1, 0.15) is 5.82 Å². The van der Waals surface area contributed by atoms with Crippen molar-refractivity contribution in [2.75, 3.05) is 13.1 Å². The summed E-state index contributed by atoms with van der Waals surface area (Å²) in [4.78, 5) is 18.6. The number of carbonyl (C=O) groups is 1. The van der Waals surface area contributed by atoms with Crippen LogP contribution in [0.25, 0.3) is 10.9 Å². The van der Waals surface area contributed by atoms with Crippen LogP contribution >= 0.6 is 0 Å². The Balaban J connectivity index is 1.94. The fourth-order valence-electron chi connectivity index (χ4n) is 2.69. The molecule has 2 heterocycles. The minimum atomic E-state index is -0.335. The van der Waals surface area contributed by atoms with E-state index in [0.717, 1.165) is 5.39 Å². The lowest BCUT2D eigenvalue weighted by molar-refractivity contribution is 0.0545. The summed E-state index contributed by atoms with van der Waals surface area (Å²) < 4.78 is 13.2. The lowest BCUT2D eigenvalue weighted by atomic mass is 10.0. The van der Waals surface area contributed by atoms with Gasteiger partial charge in [-0.15, -0.1) is 0 Å². The van der Waals surface area contributed by atoms with Crippen molar-refractivity contribution in [3.63, 3.8) is 0 Å². The minimum absolute atomic E-state index is 0.0712. The van der Waals surface area contributed by atoms with Gasteiger partial charge in [0.25, 0.3) is 5.91 Å². The van der Waals surface area contributed by atoms with Crippen molar-refractivity contribution in [2.45, 2.75) is 25.9 Å². The maximum absolute atomic E-state index is 13.2. The summed E-state index contributed by atoms with van der Waals surface area (Å²) in [5.41, 5.74) is 1.70. The number of amides is 1. The Morgan fingerprint density at radius 1 is 1.33 bits per heavy atom. The minimum Gasteiger partial charge on any atom is -0.393 e. The highest BCUT2D eigenvalue weighted by molar-refractivity contribution is 5.98. The second-order valence-electron chi connectivity index (χ2n) is 5.48. The number of pyridine rings is 1. The van der Waals surface area contributed by atoms with Crippen LogP contribution in [0.1, 0.15) is 28.9 Å². The normalized spacial score (nSPS) is 16.4. The monoisotopic (exact) mass is 288 g/mol. The molecule has 0 spiro atoms. The molecule has 1 aliphatic heterocycles. The number of aliphatic hydroxyl groups is 1. The number of piperidine rings is 1. The smallest absolute Gasteiger partial charge is 0.255 e. The number of fused-ring (bicyclic) bond motifs is 1. The van der Waals surface area contributed by atoms with E-state index in [2.05, 4.69) is 4.98 Å². The lowest BCUT2D eigenvalue weighted by Gasteiger charge is -2.30. The molecule has 1 aliphatic rings. The van der Waals surface area contributed by atoms with Crippen LogP contribution in [0.15, 0.2) is 24.3 Å². The highest BCUT2D eigenvalue weighted by Crippen LogP contribution is 2.20. The van der Waals surface area contributed by atoms with Gasteiger partial charge in [0, 0.05) is 24.5 Å². The van der Waals surface area contributed by atoms with Gasteiger partial charge in [0.2, 0.25) is 0 Å². The maximum atomic E-state index is 13.2. The van der Waals surface area contributed by atoms with Gasteiger partial charge >= 0.3 is 0 Å². The fraction of sp³-hybridized carbons (Fsp3) is 0.375. The van der Waals surface area contributed by atoms with Crippen molar-refractivity contribution < 1.29 is 14.3 Å². The van der Waals surface area contributed by atoms with Gasteiger partial charge in [-0.1, -0.05) is 0 Å². The molecule has 0 saturated carbocycles. The third kappa shape index (κ3) is 2.74. The summed E-state index contributed by atoms with van der Waals surface area (Å²) >= 11 is 0. The lowest BCUT2D eigenvalue weighted by Crippen LogP contribution is -2.40. The van der Waals surface area contributed by atoms with E-state index in [9.17, 15) is 14.3 Å². The molecule has 1 N–H and O–H groups in total. The molecule has 1 saturated heterocycles. The summed E-state index contributed by atoms with van der Waals surface area (Å²) in [6.45, 7) is 2.87. The summed E-state index contributed by atoms with van der Waals surface area (Å²) in [7, 11) is 0. The van der Waals surface area contributed by atoms with Crippen LogP contribution in [0.2, 0.25) is 0 Å². The molecule has 0 atom stereocenters. The average Bonchev–Trinajstić information content (AvgIpc) is 2.46. The van der Waals surface area contributed by atoms with Crippen molar-refractivity contribution in [1.29, 1.82) is 0 Å². The number of benzene rings is 1. The number of aryl methyl sites for hydroxylation is 1. The number of aromatic nitrogens is 1. The van der Waals surface area contributed by atoms with Crippen LogP contribution in [-0.2, 0) is 0 Å². The Morgan fingerprint density at radius 3 is 2.76 bits per heavy atom. The number of halogens is 1. The van der Waals surface area contributed by atoms with Gasteiger partial charge in [0.05, 0.1) is 22.9 Å². The van der Waals surface area contributed by atoms with E-state index in [4.69, 9.17) is 0 Å². The molecule has 2 aromatic rings. The molecule has 1 aromatic heterocycles. The Morgan fingerprint density at radius 2 is 2.05 bits per heavy atom. The third-order valence-corrected chi connectivity index (χ3v) is 3.95. The van der Waals surface area contributed by atoms with E-state index in [1.165, 1.54) is 12.1 Å². The summed E-state index contributed by atoms with van der Waals surface area (Å²) in [6.07, 6.45) is 0.904. The Kier molecular flexibility index (Phi) is 3.59. The molecule has 0 aliphatic carbocycles. The predicted octanol–water partition coefficient (Wildman–Crippen LogP) is 2.28. The number of hydrogen-bond acceptors (Lipinski definition) is 3. The fourth-order valence-corrected chi connectivity index (χ4v) is 2.69. The average molecular weight is 288 g/mol. The predicted molar refractivity (Wildman–Crippen MR) is 77.6 cm³/mol. The number of carbonyl (C=O) groups excluding carboxylic acids is 1. The summed E-state index contributed by atoms with van der Waals surface area (Å²) in [5.74, 6) is -0.406. The quantitative estimate of drug-likeness (QED) is 0.876. The summed E-state index contributed by atoms with van der Waals surface area (Å²) in [5, 5.41) is 10.3. The molecule has 3 rings (SSSR count). The Labute approximate surface area is 122 Å². The first kappa shape index (κ1) is 13.9. The van der Waals surface area contributed by atoms with E-state index < -0.39 is 0 Å². The molecule has 1 fully saturated rings. The van der Waals surface area contributed by atoms with Crippen molar-refractivity contribution in [2.24, 2.45) is 0 Å². The van der Waals surface area contributed by atoms with Crippen molar-refractivity contribution in [3.8, 4) is 0 Å². The van der Waals surface area contributed by atoms with E-state index in [0.29, 0.717) is 42.7 Å². The zero-order valence-electron chi connectivity index (χ0n) is 11.8. The molecule has 0 unspecified atom stereocenters. The number of nitrogens with zero attached hydrogens (tertiary/aromatic N) is 2. The van der Waals surface area contributed by atoms with Crippen LogP contribution in [0.3, 0.4) is 0 Å². The molecule has 5 heteroatoms. The van der Waals surface area contributed by atoms with Gasteiger partial charge in [-0.05, 0) is 38.0 Å². The summed E-state index contributed by atoms with van der Waals surface area (Å²) in [6, 6.07) is 6.14. The first-order valence-electron chi connectivity index (χ1n) is 7.09. The van der Waals surface area contributed by atoms with Crippen LogP contribution in [0, 0.1) is 12.7 Å². The standard InChI is InChI=1S/C16H17FN2O2/c1-10-14(16(21)19-6-4-13(20)5-7-19)8-11-2-3-12(17)9-15(11)18-10/h2-3,8-9,13,20H,4-7H2,1H3. The van der Waals surface area contributed by atoms with Crippen LogP contribution in [0.4, 0.5) is 4.39 Å². The van der Waals surface area contributed by atoms with Gasteiger partial charge < -0.3 is 10.0 Å². The molecular weight excluding hydrogens is 271 g/mol. The van der Waals surface area contributed by atoms with Gasteiger partial charge in [-0.25, -0.2) is 4.39 Å². The molecule has 1 amide bonds. The van der Waals surface area contributed by atoms with Gasteiger partial charge in [-0.2, -0.15) is 0 Å². The zero-order chi connectivity index (χ0) is 15.0. The first-order valence-corrected chi connectivity index (χ1v) is 7.09. The number of rotatable bonds is 1. The van der Waals surface area contributed by atoms with Crippen molar-refractivity contribution in [3.05, 3.63) is 41.3 Å². The molecule has 21 heavy (non-hydrogen) atoms. The highest BCUT2D eigenvalue weighted by Gasteiger charge is 2.24. The third-order valence-electron chi connectivity index (χ3n) is 3.95. The molecule has 0 bridgehead atoms. The van der Waals surface area contributed by atoms with Crippen molar-refractivity contribution >= 4 is 16.8 Å². The first-order chi connectivity index (χ1) is 10.0. The van der Waals surface area contributed by atoms with E-state index >= 15 is 0 Å². The van der Waals surface area contributed by atoms with E-state index in [-0.39, 0.29) is 17.8 Å². The Bertz CT molecular complexity index is 694. The van der Waals surface area contributed by atoms with Crippen LogP contribution in [-0.4, -0.2) is 40.1 Å². The number of hydrogen-bond donors (Lipinski definition) is 1. The van der Waals surface area contributed by atoms with Gasteiger partial charge in [0.15, 0.2) is 0 Å². The maximum Gasteiger partial charge on any atom is 0.255 e. The van der Waals surface area contributed by atoms with Gasteiger partial charge in [-0.3, -0.25) is 9.78 Å². The van der Waals surface area contributed by atoms with Crippen molar-refractivity contribution in [1.82, 2.24) is 9.88 Å². The molecule has 1 aromatic carbocycles. The highest BCUT2D eigenvalue weighted by atomic mass is 19.1. The number of aliphatic hydroxyl groups excluding tert-OH is 1. The zero-order valence-corrected chi connectivity index (χ0v) is 11.8. The second-order valence-corrected chi connectivity index (χ2v) is 5.48. The molecule has 110 valence electrons. The van der Waals surface area contributed by atoms with E-state index in [1.54, 1.807) is 24.0 Å². The largest absolute Gasteiger partial charge is 0.393 e.